The van der Waals surface area contributed by atoms with E-state index < -0.39 is 0 Å². The summed E-state index contributed by atoms with van der Waals surface area (Å²) in [5, 5.41) is 2.91. The van der Waals surface area contributed by atoms with E-state index in [0.717, 1.165) is 22.5 Å². The second-order valence-corrected chi connectivity index (χ2v) is 6.00. The van der Waals surface area contributed by atoms with Crippen molar-refractivity contribution in [2.24, 2.45) is 0 Å². The number of hydrogen-bond acceptors (Lipinski definition) is 5. The molecule has 0 atom stereocenters. The number of aromatic nitrogens is 2. The maximum absolute atomic E-state index is 12.5. The summed E-state index contributed by atoms with van der Waals surface area (Å²) < 4.78 is 10.5. The van der Waals surface area contributed by atoms with Gasteiger partial charge in [-0.3, -0.25) is 4.79 Å². The third kappa shape index (κ3) is 3.74. The number of rotatable bonds is 5. The maximum Gasteiger partial charge on any atom is 0.251 e. The average Bonchev–Trinajstić information content (AvgIpc) is 2.66. The summed E-state index contributed by atoms with van der Waals surface area (Å²) >= 11 is 0. The lowest BCUT2D eigenvalue weighted by Gasteiger charge is -2.10. The van der Waals surface area contributed by atoms with Crippen molar-refractivity contribution in [3.63, 3.8) is 0 Å². The molecule has 26 heavy (non-hydrogen) atoms. The summed E-state index contributed by atoms with van der Waals surface area (Å²) in [5.41, 5.74) is 4.68. The number of amides is 1. The van der Waals surface area contributed by atoms with Crippen LogP contribution in [0.15, 0.2) is 36.4 Å². The van der Waals surface area contributed by atoms with E-state index in [1.807, 2.05) is 32.0 Å². The van der Waals surface area contributed by atoms with Crippen molar-refractivity contribution in [3.8, 4) is 11.5 Å². The van der Waals surface area contributed by atoms with E-state index in [1.165, 1.54) is 0 Å². The van der Waals surface area contributed by atoms with Gasteiger partial charge in [0.2, 0.25) is 0 Å². The fourth-order valence-corrected chi connectivity index (χ4v) is 2.62. The molecule has 1 amide bonds. The van der Waals surface area contributed by atoms with Crippen LogP contribution in [0.25, 0.3) is 11.0 Å². The first-order valence-corrected chi connectivity index (χ1v) is 8.25. The summed E-state index contributed by atoms with van der Waals surface area (Å²) in [5.74, 6) is 1.19. The van der Waals surface area contributed by atoms with Gasteiger partial charge in [-0.2, -0.15) is 0 Å². The summed E-state index contributed by atoms with van der Waals surface area (Å²) in [6.07, 6.45) is 0. The highest BCUT2D eigenvalue weighted by Gasteiger charge is 2.10. The Hall–Kier alpha value is -3.15. The zero-order valence-electron chi connectivity index (χ0n) is 15.3. The summed E-state index contributed by atoms with van der Waals surface area (Å²) in [6.45, 7) is 4.19. The average molecular weight is 351 g/mol. The number of aryl methyl sites for hydroxylation is 2. The molecule has 0 fully saturated rings. The molecule has 0 aliphatic rings. The van der Waals surface area contributed by atoms with Gasteiger partial charge in [0, 0.05) is 18.2 Å². The van der Waals surface area contributed by atoms with Crippen LogP contribution in [0.5, 0.6) is 11.5 Å². The quantitative estimate of drug-likeness (QED) is 0.764. The first kappa shape index (κ1) is 17.7. The van der Waals surface area contributed by atoms with Gasteiger partial charge < -0.3 is 14.8 Å². The minimum atomic E-state index is -0.172. The van der Waals surface area contributed by atoms with Crippen LogP contribution >= 0.6 is 0 Å². The molecule has 1 aromatic heterocycles. The zero-order chi connectivity index (χ0) is 18.7. The third-order valence-corrected chi connectivity index (χ3v) is 4.20. The standard InChI is InChI=1S/C20H21N3O3/c1-12-13(2)23-19-9-15(5-6-18(19)22-12)20(24)21-11-14-7-16(25-3)10-17(8-14)26-4/h5-10H,11H2,1-4H3,(H,21,24). The van der Waals surface area contributed by atoms with Gasteiger partial charge in [0.15, 0.2) is 0 Å². The molecule has 3 aromatic rings. The SMILES string of the molecule is COc1cc(CNC(=O)c2ccc3nc(C)c(C)nc3c2)cc(OC)c1. The van der Waals surface area contributed by atoms with Crippen LogP contribution in [0.2, 0.25) is 0 Å². The number of nitrogens with one attached hydrogen (secondary N) is 1. The Morgan fingerprint density at radius 3 is 2.15 bits per heavy atom. The molecule has 0 aliphatic heterocycles. The molecule has 134 valence electrons. The normalized spacial score (nSPS) is 10.6. The van der Waals surface area contributed by atoms with Crippen LogP contribution < -0.4 is 14.8 Å². The van der Waals surface area contributed by atoms with E-state index in [9.17, 15) is 4.79 Å². The topological polar surface area (TPSA) is 73.3 Å². The molecule has 6 heteroatoms. The van der Waals surface area contributed by atoms with Crippen molar-refractivity contribution in [2.75, 3.05) is 14.2 Å². The fourth-order valence-electron chi connectivity index (χ4n) is 2.62. The molecule has 3 rings (SSSR count). The number of nitrogens with zero attached hydrogens (tertiary/aromatic N) is 2. The van der Waals surface area contributed by atoms with Gasteiger partial charge in [-0.25, -0.2) is 9.97 Å². The number of ether oxygens (including phenoxy) is 2. The highest BCUT2D eigenvalue weighted by atomic mass is 16.5. The van der Waals surface area contributed by atoms with Crippen LogP contribution in [0.1, 0.15) is 27.3 Å². The molecular weight excluding hydrogens is 330 g/mol. The zero-order valence-corrected chi connectivity index (χ0v) is 15.3. The molecule has 0 aliphatic carbocycles. The van der Waals surface area contributed by atoms with Crippen LogP contribution in [0, 0.1) is 13.8 Å². The predicted octanol–water partition coefficient (Wildman–Crippen LogP) is 3.19. The molecule has 0 radical (unpaired) electrons. The minimum Gasteiger partial charge on any atom is -0.497 e. The smallest absolute Gasteiger partial charge is 0.251 e. The molecule has 0 saturated heterocycles. The van der Waals surface area contributed by atoms with E-state index >= 15 is 0 Å². The summed E-state index contributed by atoms with van der Waals surface area (Å²) in [7, 11) is 3.19. The van der Waals surface area contributed by atoms with Crippen LogP contribution in [-0.2, 0) is 6.54 Å². The molecule has 0 bridgehead atoms. The lowest BCUT2D eigenvalue weighted by molar-refractivity contribution is 0.0951. The number of benzene rings is 2. The van der Waals surface area contributed by atoms with Crippen LogP contribution in [-0.4, -0.2) is 30.1 Å². The van der Waals surface area contributed by atoms with Crippen molar-refractivity contribution in [1.29, 1.82) is 0 Å². The molecule has 1 N–H and O–H groups in total. The lowest BCUT2D eigenvalue weighted by Crippen LogP contribution is -2.22. The number of hydrogen-bond donors (Lipinski definition) is 1. The van der Waals surface area contributed by atoms with E-state index in [0.29, 0.717) is 29.1 Å². The largest absolute Gasteiger partial charge is 0.497 e. The fraction of sp³-hybridized carbons (Fsp3) is 0.250. The van der Waals surface area contributed by atoms with Gasteiger partial charge in [-0.1, -0.05) is 0 Å². The Bertz CT molecular complexity index is 948. The molecule has 0 spiro atoms. The second kappa shape index (κ2) is 7.39. The highest BCUT2D eigenvalue weighted by molar-refractivity contribution is 5.97. The van der Waals surface area contributed by atoms with Crippen molar-refractivity contribution in [3.05, 3.63) is 58.9 Å². The second-order valence-electron chi connectivity index (χ2n) is 6.00. The van der Waals surface area contributed by atoms with Crippen LogP contribution in [0.4, 0.5) is 0 Å². The van der Waals surface area contributed by atoms with E-state index in [2.05, 4.69) is 15.3 Å². The van der Waals surface area contributed by atoms with E-state index in [1.54, 1.807) is 32.4 Å². The van der Waals surface area contributed by atoms with Gasteiger partial charge in [0.25, 0.3) is 5.91 Å². The molecule has 0 saturated carbocycles. The highest BCUT2D eigenvalue weighted by Crippen LogP contribution is 2.22. The third-order valence-electron chi connectivity index (χ3n) is 4.20. The van der Waals surface area contributed by atoms with E-state index in [-0.39, 0.29) is 5.91 Å². The first-order valence-electron chi connectivity index (χ1n) is 8.25. The number of carbonyl (C=O) groups is 1. The number of methoxy groups -OCH3 is 2. The maximum atomic E-state index is 12.5. The Labute approximate surface area is 152 Å². The molecule has 2 aromatic carbocycles. The van der Waals surface area contributed by atoms with Crippen molar-refractivity contribution >= 4 is 16.9 Å². The van der Waals surface area contributed by atoms with Crippen molar-refractivity contribution < 1.29 is 14.3 Å². The Morgan fingerprint density at radius 2 is 1.54 bits per heavy atom. The first-order chi connectivity index (χ1) is 12.5. The van der Waals surface area contributed by atoms with Crippen molar-refractivity contribution in [1.82, 2.24) is 15.3 Å². The monoisotopic (exact) mass is 351 g/mol. The van der Waals surface area contributed by atoms with Gasteiger partial charge in [0.1, 0.15) is 11.5 Å². The van der Waals surface area contributed by atoms with Gasteiger partial charge >= 0.3 is 0 Å². The summed E-state index contributed by atoms with van der Waals surface area (Å²) in [4.78, 5) is 21.5. The van der Waals surface area contributed by atoms with Gasteiger partial charge in [-0.15, -0.1) is 0 Å². The predicted molar refractivity (Wildman–Crippen MR) is 99.7 cm³/mol. The Kier molecular flexibility index (Phi) is 5.02. The van der Waals surface area contributed by atoms with E-state index in [4.69, 9.17) is 9.47 Å². The summed E-state index contributed by atoms with van der Waals surface area (Å²) in [6, 6.07) is 10.8. The number of carbonyl (C=O) groups excluding carboxylic acids is 1. The molecule has 6 nitrogen and oxygen atoms in total. The van der Waals surface area contributed by atoms with Crippen molar-refractivity contribution in [2.45, 2.75) is 20.4 Å². The molecular formula is C20H21N3O3. The van der Waals surface area contributed by atoms with Gasteiger partial charge in [-0.05, 0) is 49.7 Å². The Balaban J connectivity index is 1.78. The van der Waals surface area contributed by atoms with Gasteiger partial charge in [0.05, 0.1) is 36.6 Å². The molecule has 0 unspecified atom stereocenters. The minimum absolute atomic E-state index is 0.172. The molecule has 1 heterocycles. The van der Waals surface area contributed by atoms with Crippen LogP contribution in [0.3, 0.4) is 0 Å². The number of fused-ring (bicyclic) bond motifs is 1. The lowest BCUT2D eigenvalue weighted by atomic mass is 10.1. The Morgan fingerprint density at radius 1 is 0.923 bits per heavy atom.